The van der Waals surface area contributed by atoms with Gasteiger partial charge in [-0.3, -0.25) is 28.9 Å². The summed E-state index contributed by atoms with van der Waals surface area (Å²) >= 11 is 1.57. The molecule has 0 bridgehead atoms. The van der Waals surface area contributed by atoms with Crippen molar-refractivity contribution < 1.29 is 48.0 Å². The summed E-state index contributed by atoms with van der Waals surface area (Å²) in [5.41, 5.74) is 6.30. The average molecular weight is 1090 g/mol. The Kier molecular flexibility index (Phi) is 22.1. The lowest BCUT2D eigenvalue weighted by atomic mass is 9.85. The summed E-state index contributed by atoms with van der Waals surface area (Å²) in [4.78, 5) is 81.5. The second kappa shape index (κ2) is 28.8. The third-order valence-corrected chi connectivity index (χ3v) is 15.5. The molecule has 21 nitrogen and oxygen atoms in total. The van der Waals surface area contributed by atoms with E-state index in [-0.39, 0.29) is 69.9 Å². The molecule has 4 aromatic rings. The summed E-state index contributed by atoms with van der Waals surface area (Å²) in [5, 5.41) is 27.2. The monoisotopic (exact) mass is 1090 g/mol. The zero-order valence-electron chi connectivity index (χ0n) is 45.8. The SMILES string of the molecule is Cc1ncsc1-c1ccc(CNC(=O)C2CC(O)CN2C(=O)C(NC(=O)COCCOCCOCCOCCNC(=O)CCC(=O)N2CCN(C3CCC(Nc4ncnn5ccc(C(C)C)c45)CC3)CC2)C(C)(C)C)cc1. The molecule has 0 radical (unpaired) electrons. The quantitative estimate of drug-likeness (QED) is 0.0532. The molecule has 3 aromatic heterocycles. The smallest absolute Gasteiger partial charge is 0.246 e. The Bertz CT molecular complexity index is 2540. The fraction of sp³-hybridized carbons (Fsp3) is 0.636. The lowest BCUT2D eigenvalue weighted by molar-refractivity contribution is -0.144. The third-order valence-electron chi connectivity index (χ3n) is 14.5. The van der Waals surface area contributed by atoms with Crippen molar-refractivity contribution in [2.45, 2.75) is 129 Å². The molecule has 3 fully saturated rings. The predicted molar refractivity (Wildman–Crippen MR) is 292 cm³/mol. The van der Waals surface area contributed by atoms with Crippen LogP contribution in [-0.4, -0.2) is 191 Å². The highest BCUT2D eigenvalue weighted by Gasteiger charge is 2.44. The van der Waals surface area contributed by atoms with Crippen LogP contribution >= 0.6 is 11.3 Å². The van der Waals surface area contributed by atoms with E-state index in [2.05, 4.69) is 61.1 Å². The molecule has 1 aromatic carbocycles. The number of aryl methyl sites for hydroxylation is 1. The molecule has 2 saturated heterocycles. The number of rotatable bonds is 27. The number of ether oxygens (including phenoxy) is 4. The van der Waals surface area contributed by atoms with Gasteiger partial charge in [0, 0.05) is 83.4 Å². The van der Waals surface area contributed by atoms with Crippen LogP contribution in [0.25, 0.3) is 16.0 Å². The van der Waals surface area contributed by atoms with Crippen molar-refractivity contribution in [2.75, 3.05) is 97.4 Å². The van der Waals surface area contributed by atoms with E-state index in [9.17, 15) is 29.1 Å². The van der Waals surface area contributed by atoms with Crippen LogP contribution in [-0.2, 0) is 49.5 Å². The number of hydrogen-bond acceptors (Lipinski definition) is 16. The Balaban J connectivity index is 0.666. The number of fused-ring (bicyclic) bond motifs is 1. The highest BCUT2D eigenvalue weighted by Crippen LogP contribution is 2.31. The minimum atomic E-state index is -0.974. The summed E-state index contributed by atoms with van der Waals surface area (Å²) < 4.78 is 24.1. The molecule has 5 heterocycles. The Hall–Kier alpha value is -5.62. The average Bonchev–Trinajstić information content (AvgIpc) is 4.20. The van der Waals surface area contributed by atoms with Crippen LogP contribution in [0.5, 0.6) is 0 Å². The predicted octanol–water partition coefficient (Wildman–Crippen LogP) is 3.92. The van der Waals surface area contributed by atoms with Crippen molar-refractivity contribution in [3.63, 3.8) is 0 Å². The van der Waals surface area contributed by atoms with Crippen molar-refractivity contribution in [1.82, 2.24) is 50.2 Å². The molecule has 3 atom stereocenters. The number of likely N-dealkylation sites (tertiary alicyclic amines) is 1. The molecule has 2 aliphatic heterocycles. The van der Waals surface area contributed by atoms with Crippen molar-refractivity contribution in [3.8, 4) is 10.4 Å². The zero-order valence-corrected chi connectivity index (χ0v) is 46.6. The van der Waals surface area contributed by atoms with Crippen LogP contribution in [0.3, 0.4) is 0 Å². The third kappa shape index (κ3) is 17.2. The van der Waals surface area contributed by atoms with E-state index in [0.29, 0.717) is 70.7 Å². The van der Waals surface area contributed by atoms with Gasteiger partial charge in [-0.15, -0.1) is 11.3 Å². The van der Waals surface area contributed by atoms with Crippen molar-refractivity contribution in [2.24, 2.45) is 5.41 Å². The molecule has 0 spiro atoms. The minimum Gasteiger partial charge on any atom is -0.391 e. The first-order chi connectivity index (χ1) is 37.0. The van der Waals surface area contributed by atoms with E-state index in [1.807, 2.05) is 73.1 Å². The number of carbonyl (C=O) groups excluding carboxylic acids is 5. The fourth-order valence-corrected chi connectivity index (χ4v) is 11.0. The van der Waals surface area contributed by atoms with Crippen LogP contribution < -0.4 is 21.3 Å². The Morgan fingerprint density at radius 2 is 1.49 bits per heavy atom. The van der Waals surface area contributed by atoms with Gasteiger partial charge in [-0.25, -0.2) is 14.5 Å². The molecular formula is C55H81N11O10S. The molecule has 1 saturated carbocycles. The van der Waals surface area contributed by atoms with E-state index in [4.69, 9.17) is 18.9 Å². The van der Waals surface area contributed by atoms with Crippen LogP contribution in [0.2, 0.25) is 0 Å². The number of nitrogens with one attached hydrogen (secondary N) is 4. The molecule has 77 heavy (non-hydrogen) atoms. The second-order valence-electron chi connectivity index (χ2n) is 21.6. The lowest BCUT2D eigenvalue weighted by Gasteiger charge is -2.42. The number of aromatic nitrogens is 4. The van der Waals surface area contributed by atoms with E-state index in [1.165, 1.54) is 10.5 Å². The number of benzene rings is 1. The standard InChI is InChI=1S/C55H81N11O10S/c1-37(2)44-17-19-66-49(44)52(58-35-60-66)61-41-11-13-42(14-12-41)63-20-22-64(23-21-63)48(70)16-15-46(68)56-18-24-73-25-26-74-27-28-75-29-30-76-34-47(69)62-51(55(4,5)6)54(72)65-33-43(67)31-45(65)53(71)57-32-39-7-9-40(10-8-39)50-38(3)59-36-77-50/h7-10,17,19,35-37,41-43,45,51,67H,11-16,18,20-34H2,1-6H3,(H,56,68)(H,57,71)(H,62,69)(H,58,60,61). The topological polar surface area (TPSA) is 243 Å². The maximum absolute atomic E-state index is 13.9. The van der Waals surface area contributed by atoms with Crippen molar-refractivity contribution >= 4 is 52.2 Å². The molecule has 3 aliphatic rings. The van der Waals surface area contributed by atoms with E-state index >= 15 is 0 Å². The summed E-state index contributed by atoms with van der Waals surface area (Å²) in [6, 6.07) is 8.98. The maximum Gasteiger partial charge on any atom is 0.246 e. The van der Waals surface area contributed by atoms with Gasteiger partial charge in [-0.2, -0.15) is 5.10 Å². The summed E-state index contributed by atoms with van der Waals surface area (Å²) in [5.74, 6) is -0.203. The number of thiazole rings is 1. The van der Waals surface area contributed by atoms with Gasteiger partial charge in [0.1, 0.15) is 30.5 Å². The minimum absolute atomic E-state index is 0.0133. The van der Waals surface area contributed by atoms with Crippen molar-refractivity contribution in [1.29, 1.82) is 0 Å². The van der Waals surface area contributed by atoms with E-state index < -0.39 is 35.4 Å². The molecule has 7 rings (SSSR count). The number of aliphatic hydroxyl groups is 1. The normalized spacial score (nSPS) is 19.6. The largest absolute Gasteiger partial charge is 0.391 e. The molecular weight excluding hydrogens is 1010 g/mol. The van der Waals surface area contributed by atoms with Gasteiger partial charge in [0.15, 0.2) is 5.82 Å². The molecule has 1 aliphatic carbocycles. The zero-order chi connectivity index (χ0) is 54.9. The van der Waals surface area contributed by atoms with Gasteiger partial charge < -0.3 is 55.1 Å². The number of carbonyl (C=O) groups is 5. The second-order valence-corrected chi connectivity index (χ2v) is 22.4. The van der Waals surface area contributed by atoms with E-state index in [1.54, 1.807) is 17.7 Å². The summed E-state index contributed by atoms with van der Waals surface area (Å²) in [6.45, 7) is 17.1. The molecule has 422 valence electrons. The molecule has 3 unspecified atom stereocenters. The van der Waals surface area contributed by atoms with Gasteiger partial charge >= 0.3 is 0 Å². The Morgan fingerprint density at radius 3 is 2.14 bits per heavy atom. The van der Waals surface area contributed by atoms with Gasteiger partial charge in [0.2, 0.25) is 29.5 Å². The first-order valence-electron chi connectivity index (χ1n) is 27.3. The first kappa shape index (κ1) is 59.0. The van der Waals surface area contributed by atoms with Gasteiger partial charge in [0.25, 0.3) is 0 Å². The van der Waals surface area contributed by atoms with Crippen LogP contribution in [0.1, 0.15) is 102 Å². The highest BCUT2D eigenvalue weighted by molar-refractivity contribution is 7.13. The Morgan fingerprint density at radius 1 is 0.818 bits per heavy atom. The number of hydrogen-bond donors (Lipinski definition) is 5. The number of nitrogens with zero attached hydrogens (tertiary/aromatic N) is 7. The fourth-order valence-electron chi connectivity index (χ4n) is 10.2. The molecule has 5 N–H and O–H groups in total. The molecule has 22 heteroatoms. The summed E-state index contributed by atoms with van der Waals surface area (Å²) in [7, 11) is 0. The van der Waals surface area contributed by atoms with Crippen LogP contribution in [0.15, 0.2) is 48.4 Å². The molecule has 5 amide bonds. The number of piperazine rings is 1. The first-order valence-corrected chi connectivity index (χ1v) is 28.2. The highest BCUT2D eigenvalue weighted by atomic mass is 32.1. The van der Waals surface area contributed by atoms with Crippen LogP contribution in [0, 0.1) is 12.3 Å². The van der Waals surface area contributed by atoms with Crippen molar-refractivity contribution in [3.05, 3.63) is 65.2 Å². The van der Waals surface area contributed by atoms with E-state index in [0.717, 1.165) is 71.8 Å². The number of anilines is 1. The van der Waals surface area contributed by atoms with Crippen LogP contribution in [0.4, 0.5) is 5.82 Å². The maximum atomic E-state index is 13.9. The number of aliphatic hydroxyl groups excluding tert-OH is 1. The van der Waals surface area contributed by atoms with Gasteiger partial charge in [0.05, 0.1) is 68.4 Å². The lowest BCUT2D eigenvalue weighted by Crippen LogP contribution is -2.58. The van der Waals surface area contributed by atoms with Gasteiger partial charge in [-0.1, -0.05) is 58.9 Å². The summed E-state index contributed by atoms with van der Waals surface area (Å²) in [6.07, 6.45) is 7.47. The Labute approximate surface area is 456 Å². The van der Waals surface area contributed by atoms with Gasteiger partial charge in [-0.05, 0) is 66.7 Å². The number of β-amino-alcohol motifs (C(OH)–C–C–N with tert-alkyl or cyclic N) is 1. The number of amides is 5.